The number of carbonyl (C=O) groups excluding carboxylic acids is 1. The Bertz CT molecular complexity index is 478. The van der Waals surface area contributed by atoms with Crippen molar-refractivity contribution >= 4 is 15.9 Å². The Morgan fingerprint density at radius 3 is 2.88 bits per heavy atom. The van der Waals surface area contributed by atoms with E-state index < -0.39 is 10.0 Å². The number of rotatable bonds is 6. The molecule has 1 aromatic heterocycles. The summed E-state index contributed by atoms with van der Waals surface area (Å²) in [5.41, 5.74) is 0. The molecule has 0 aromatic carbocycles. The van der Waals surface area contributed by atoms with E-state index in [0.29, 0.717) is 6.04 Å². The number of H-pyrrole nitrogens is 1. The molecule has 17 heavy (non-hydrogen) atoms. The van der Waals surface area contributed by atoms with E-state index in [1.165, 1.54) is 12.5 Å². The maximum Gasteiger partial charge on any atom is 0.257 e. The van der Waals surface area contributed by atoms with Crippen molar-refractivity contribution in [3.05, 3.63) is 12.5 Å². The van der Waals surface area contributed by atoms with Crippen molar-refractivity contribution in [2.24, 2.45) is 0 Å². The molecule has 1 amide bonds. The van der Waals surface area contributed by atoms with E-state index in [1.54, 1.807) is 0 Å². The van der Waals surface area contributed by atoms with E-state index in [0.717, 1.165) is 12.8 Å². The summed E-state index contributed by atoms with van der Waals surface area (Å²) >= 11 is 0. The Labute approximate surface area is 99.1 Å². The van der Waals surface area contributed by atoms with Gasteiger partial charge < -0.3 is 10.3 Å². The number of nitrogens with one attached hydrogen (secondary N) is 3. The lowest BCUT2D eigenvalue weighted by Crippen LogP contribution is -2.31. The normalized spacial score (nSPS) is 15.8. The average molecular weight is 258 g/mol. The second-order valence-corrected chi connectivity index (χ2v) is 5.64. The summed E-state index contributed by atoms with van der Waals surface area (Å²) in [5, 5.41) is 2.78. The molecule has 7 nitrogen and oxygen atoms in total. The van der Waals surface area contributed by atoms with E-state index in [9.17, 15) is 13.2 Å². The summed E-state index contributed by atoms with van der Waals surface area (Å²) in [5.74, 6) is -0.125. The molecule has 3 N–H and O–H groups in total. The molecule has 1 aliphatic rings. The summed E-state index contributed by atoms with van der Waals surface area (Å²) in [4.78, 5) is 17.4. The number of aromatic nitrogens is 2. The first kappa shape index (κ1) is 12.1. The summed E-state index contributed by atoms with van der Waals surface area (Å²) in [7, 11) is -3.57. The third-order valence-corrected chi connectivity index (χ3v) is 3.74. The number of aromatic amines is 1. The second kappa shape index (κ2) is 4.84. The number of nitrogens with zero attached hydrogens (tertiary/aromatic N) is 1. The molecule has 1 fully saturated rings. The summed E-state index contributed by atoms with van der Waals surface area (Å²) < 4.78 is 25.5. The quantitative estimate of drug-likeness (QED) is 0.631. The van der Waals surface area contributed by atoms with Crippen LogP contribution in [0.2, 0.25) is 0 Å². The van der Waals surface area contributed by atoms with Gasteiger partial charge in [-0.05, 0) is 12.8 Å². The Morgan fingerprint density at radius 2 is 2.29 bits per heavy atom. The standard InChI is InChI=1S/C9H14N4O3S/c14-8(13-7-1-2-7)3-4-12-17(15,16)9-5-10-6-11-9/h5-7,12H,1-4H2,(H,10,11)(H,13,14). The van der Waals surface area contributed by atoms with Crippen molar-refractivity contribution in [3.8, 4) is 0 Å². The molecule has 1 aliphatic carbocycles. The maximum atomic E-state index is 11.6. The minimum Gasteiger partial charge on any atom is -0.353 e. The molecule has 2 rings (SSSR count). The fourth-order valence-electron chi connectivity index (χ4n) is 1.29. The number of sulfonamides is 1. The van der Waals surface area contributed by atoms with Crippen LogP contribution in [-0.2, 0) is 14.8 Å². The van der Waals surface area contributed by atoms with Crippen LogP contribution in [0.5, 0.6) is 0 Å². The van der Waals surface area contributed by atoms with Gasteiger partial charge >= 0.3 is 0 Å². The highest BCUT2D eigenvalue weighted by atomic mass is 32.2. The van der Waals surface area contributed by atoms with Crippen LogP contribution in [-0.4, -0.2) is 36.9 Å². The van der Waals surface area contributed by atoms with Gasteiger partial charge in [-0.25, -0.2) is 18.1 Å². The Kier molecular flexibility index (Phi) is 3.43. The molecule has 0 aliphatic heterocycles. The molecule has 1 heterocycles. The zero-order chi connectivity index (χ0) is 12.3. The predicted molar refractivity (Wildman–Crippen MR) is 59.6 cm³/mol. The molecule has 1 aromatic rings. The van der Waals surface area contributed by atoms with Gasteiger partial charge in [-0.2, -0.15) is 0 Å². The van der Waals surface area contributed by atoms with Crippen molar-refractivity contribution in [3.63, 3.8) is 0 Å². The first-order valence-corrected chi connectivity index (χ1v) is 6.83. The monoisotopic (exact) mass is 258 g/mol. The van der Waals surface area contributed by atoms with E-state index in [4.69, 9.17) is 0 Å². The lowest BCUT2D eigenvalue weighted by molar-refractivity contribution is -0.121. The van der Waals surface area contributed by atoms with Crippen LogP contribution < -0.4 is 10.0 Å². The molecule has 94 valence electrons. The van der Waals surface area contributed by atoms with Crippen molar-refractivity contribution < 1.29 is 13.2 Å². The van der Waals surface area contributed by atoms with Gasteiger partial charge in [-0.3, -0.25) is 4.79 Å². The largest absolute Gasteiger partial charge is 0.353 e. The van der Waals surface area contributed by atoms with E-state index >= 15 is 0 Å². The number of hydrogen-bond donors (Lipinski definition) is 3. The summed E-state index contributed by atoms with van der Waals surface area (Å²) in [6.45, 7) is 0.0832. The fraction of sp³-hybridized carbons (Fsp3) is 0.556. The lowest BCUT2D eigenvalue weighted by atomic mass is 10.4. The Hall–Kier alpha value is -1.41. The lowest BCUT2D eigenvalue weighted by Gasteiger charge is -2.05. The van der Waals surface area contributed by atoms with Crippen LogP contribution in [0.1, 0.15) is 19.3 Å². The molecular formula is C9H14N4O3S. The number of amides is 1. The van der Waals surface area contributed by atoms with Crippen LogP contribution in [0.25, 0.3) is 0 Å². The highest BCUT2D eigenvalue weighted by Gasteiger charge is 2.23. The van der Waals surface area contributed by atoms with Gasteiger partial charge in [0.05, 0.1) is 12.5 Å². The van der Waals surface area contributed by atoms with Crippen LogP contribution in [0.15, 0.2) is 17.6 Å². The van der Waals surface area contributed by atoms with Crippen LogP contribution in [0.3, 0.4) is 0 Å². The average Bonchev–Trinajstić information content (AvgIpc) is 2.89. The molecule has 0 unspecified atom stereocenters. The van der Waals surface area contributed by atoms with Crippen molar-refractivity contribution in [1.82, 2.24) is 20.0 Å². The molecule has 0 bridgehead atoms. The van der Waals surface area contributed by atoms with Crippen molar-refractivity contribution in [1.29, 1.82) is 0 Å². The Balaban J connectivity index is 1.76. The second-order valence-electron chi connectivity index (χ2n) is 3.91. The minimum atomic E-state index is -3.57. The third-order valence-electron chi connectivity index (χ3n) is 2.35. The van der Waals surface area contributed by atoms with Gasteiger partial charge in [0.15, 0.2) is 5.03 Å². The number of imidazole rings is 1. The molecule has 0 radical (unpaired) electrons. The van der Waals surface area contributed by atoms with Gasteiger partial charge in [0.2, 0.25) is 5.91 Å². The van der Waals surface area contributed by atoms with Gasteiger partial charge in [0.1, 0.15) is 0 Å². The summed E-state index contributed by atoms with van der Waals surface area (Å²) in [6.07, 6.45) is 4.68. The third kappa shape index (κ3) is 3.53. The van der Waals surface area contributed by atoms with E-state index in [-0.39, 0.29) is 23.9 Å². The SMILES string of the molecule is O=C(CCNS(=O)(=O)c1cnc[nH]1)NC1CC1. The molecular weight excluding hydrogens is 244 g/mol. The highest BCUT2D eigenvalue weighted by Crippen LogP contribution is 2.18. The summed E-state index contributed by atoms with van der Waals surface area (Å²) in [6, 6.07) is 0.298. The molecule has 1 saturated carbocycles. The maximum absolute atomic E-state index is 11.6. The first-order valence-electron chi connectivity index (χ1n) is 5.35. The fourth-order valence-corrected chi connectivity index (χ4v) is 2.23. The topological polar surface area (TPSA) is 104 Å². The first-order chi connectivity index (χ1) is 8.08. The van der Waals surface area contributed by atoms with Gasteiger partial charge in [0.25, 0.3) is 10.0 Å². The van der Waals surface area contributed by atoms with Crippen LogP contribution in [0.4, 0.5) is 0 Å². The van der Waals surface area contributed by atoms with Crippen molar-refractivity contribution in [2.75, 3.05) is 6.54 Å². The highest BCUT2D eigenvalue weighted by molar-refractivity contribution is 7.89. The van der Waals surface area contributed by atoms with Crippen LogP contribution in [0, 0.1) is 0 Å². The van der Waals surface area contributed by atoms with Gasteiger partial charge in [0, 0.05) is 19.0 Å². The molecule has 8 heteroatoms. The van der Waals surface area contributed by atoms with Crippen LogP contribution >= 0.6 is 0 Å². The van der Waals surface area contributed by atoms with Gasteiger partial charge in [-0.1, -0.05) is 0 Å². The smallest absolute Gasteiger partial charge is 0.257 e. The number of carbonyl (C=O) groups is 1. The van der Waals surface area contributed by atoms with Gasteiger partial charge in [-0.15, -0.1) is 0 Å². The van der Waals surface area contributed by atoms with Crippen molar-refractivity contribution in [2.45, 2.75) is 30.3 Å². The Morgan fingerprint density at radius 1 is 1.53 bits per heavy atom. The number of hydrogen-bond acceptors (Lipinski definition) is 4. The molecule has 0 atom stereocenters. The molecule has 0 spiro atoms. The minimum absolute atomic E-state index is 0.0000936. The van der Waals surface area contributed by atoms with E-state index in [2.05, 4.69) is 20.0 Å². The predicted octanol–water partition coefficient (Wildman–Crippen LogP) is -0.643. The molecule has 0 saturated heterocycles. The van der Waals surface area contributed by atoms with E-state index in [1.807, 2.05) is 0 Å². The zero-order valence-corrected chi connectivity index (χ0v) is 9.96. The zero-order valence-electron chi connectivity index (χ0n) is 9.14.